The summed E-state index contributed by atoms with van der Waals surface area (Å²) in [5.74, 6) is 0.0498. The number of hydrogen-bond acceptors (Lipinski definition) is 4. The van der Waals surface area contributed by atoms with Crippen LogP contribution in [0.4, 0.5) is 0 Å². The summed E-state index contributed by atoms with van der Waals surface area (Å²) in [5.41, 5.74) is 2.00. The van der Waals surface area contributed by atoms with Gasteiger partial charge in [-0.3, -0.25) is 9.11 Å². The average Bonchev–Trinajstić information content (AvgIpc) is 2.81. The van der Waals surface area contributed by atoms with Gasteiger partial charge in [0.2, 0.25) is 0 Å². The van der Waals surface area contributed by atoms with Crippen molar-refractivity contribution in [2.24, 2.45) is 0 Å². The Bertz CT molecular complexity index is 1050. The summed E-state index contributed by atoms with van der Waals surface area (Å²) in [6.07, 6.45) is 8.93. The van der Waals surface area contributed by atoms with Crippen LogP contribution in [0.5, 0.6) is 0 Å². The lowest BCUT2D eigenvalue weighted by atomic mass is 9.87. The van der Waals surface area contributed by atoms with E-state index in [2.05, 4.69) is 0 Å². The van der Waals surface area contributed by atoms with Crippen molar-refractivity contribution in [3.8, 4) is 0 Å². The van der Waals surface area contributed by atoms with E-state index < -0.39 is 30.7 Å². The lowest BCUT2D eigenvalue weighted by molar-refractivity contribution is 0.441. The van der Waals surface area contributed by atoms with Crippen molar-refractivity contribution in [3.05, 3.63) is 71.8 Å². The second-order valence-electron chi connectivity index (χ2n) is 9.55. The van der Waals surface area contributed by atoms with E-state index in [9.17, 15) is 21.4 Å². The van der Waals surface area contributed by atoms with Crippen LogP contribution in [0.3, 0.4) is 0 Å². The van der Waals surface area contributed by atoms with Crippen molar-refractivity contribution in [2.75, 3.05) is 0 Å². The monoisotopic (exact) mass is 524 g/mol. The zero-order chi connectivity index (χ0) is 25.7. The lowest BCUT2D eigenvalue weighted by Gasteiger charge is -2.23. The molecule has 6 nitrogen and oxygen atoms in total. The molecular weight excluding hydrogens is 484 g/mol. The van der Waals surface area contributed by atoms with Gasteiger partial charge in [0, 0.05) is 0 Å². The highest BCUT2D eigenvalue weighted by Gasteiger charge is 2.27. The highest BCUT2D eigenvalue weighted by molar-refractivity contribution is 7.86. The first-order valence-electron chi connectivity index (χ1n) is 12.6. The zero-order valence-corrected chi connectivity index (χ0v) is 22.3. The Hall–Kier alpha value is -1.74. The summed E-state index contributed by atoms with van der Waals surface area (Å²) in [7, 11) is -8.11. The van der Waals surface area contributed by atoms with Crippen LogP contribution in [0.25, 0.3) is 0 Å². The molecule has 2 N–H and O–H groups in total. The van der Waals surface area contributed by atoms with Crippen molar-refractivity contribution in [1.29, 1.82) is 0 Å². The first kappa shape index (κ1) is 29.5. The maximum atomic E-state index is 12.2. The minimum Gasteiger partial charge on any atom is -0.285 e. The van der Waals surface area contributed by atoms with E-state index >= 15 is 0 Å². The Morgan fingerprint density at radius 3 is 1.66 bits per heavy atom. The molecule has 196 valence electrons. The first-order chi connectivity index (χ1) is 16.6. The largest absolute Gasteiger partial charge is 0.285 e. The molecule has 0 aliphatic carbocycles. The van der Waals surface area contributed by atoms with Gasteiger partial charge < -0.3 is 0 Å². The van der Waals surface area contributed by atoms with E-state index in [1.54, 1.807) is 0 Å². The molecule has 0 radical (unpaired) electrons. The summed E-state index contributed by atoms with van der Waals surface area (Å²) < 4.78 is 65.5. The Kier molecular flexibility index (Phi) is 12.4. The van der Waals surface area contributed by atoms with Crippen LogP contribution < -0.4 is 0 Å². The van der Waals surface area contributed by atoms with E-state index in [-0.39, 0.29) is 5.92 Å². The highest BCUT2D eigenvalue weighted by atomic mass is 32.2. The highest BCUT2D eigenvalue weighted by Crippen LogP contribution is 2.30. The molecule has 2 rings (SSSR count). The third kappa shape index (κ3) is 11.7. The van der Waals surface area contributed by atoms with E-state index in [1.807, 2.05) is 60.7 Å². The molecule has 0 aromatic heterocycles. The van der Waals surface area contributed by atoms with Gasteiger partial charge in [0.25, 0.3) is 20.2 Å². The molecule has 0 bridgehead atoms. The fraction of sp³-hybridized carbons (Fsp3) is 0.556. The lowest BCUT2D eigenvalue weighted by Crippen LogP contribution is -2.25. The minimum atomic E-state index is -4.18. The maximum Gasteiger partial charge on any atom is 0.268 e. The third-order valence-corrected chi connectivity index (χ3v) is 9.17. The van der Waals surface area contributed by atoms with Gasteiger partial charge in [-0.05, 0) is 49.7 Å². The summed E-state index contributed by atoms with van der Waals surface area (Å²) in [5, 5.41) is -1.55. The van der Waals surface area contributed by atoms with Crippen molar-refractivity contribution in [1.82, 2.24) is 0 Å². The molecule has 2 aromatic carbocycles. The van der Waals surface area contributed by atoms with Crippen LogP contribution in [-0.2, 0) is 26.7 Å². The Labute approximate surface area is 211 Å². The van der Waals surface area contributed by atoms with Gasteiger partial charge >= 0.3 is 0 Å². The SMILES string of the molecule is CC(CCCCCCCCCC(CC(Cc1ccccc1)S(=O)(=O)O)c1ccccc1)S(=O)(=O)O. The van der Waals surface area contributed by atoms with Gasteiger partial charge in [0.15, 0.2) is 0 Å². The first-order valence-corrected chi connectivity index (χ1v) is 15.6. The molecule has 0 aliphatic rings. The molecule has 0 aliphatic heterocycles. The standard InChI is InChI=1S/C27H40O6S2/c1-23(34(28,29)30)15-9-5-3-2-4-6-12-20-26(25-18-13-8-14-19-25)22-27(35(31,32)33)21-24-16-10-7-11-17-24/h7-8,10-11,13-14,16-19,23,26-27H,2-6,9,12,15,20-22H2,1H3,(H,28,29,30)(H,31,32,33). The molecule has 35 heavy (non-hydrogen) atoms. The molecule has 0 saturated carbocycles. The normalized spacial score (nSPS) is 14.9. The van der Waals surface area contributed by atoms with Crippen molar-refractivity contribution < 1.29 is 25.9 Å². The molecular formula is C27H40O6S2. The van der Waals surface area contributed by atoms with E-state index in [0.717, 1.165) is 62.5 Å². The topological polar surface area (TPSA) is 109 Å². The quantitative estimate of drug-likeness (QED) is 0.182. The summed E-state index contributed by atoms with van der Waals surface area (Å²) in [6, 6.07) is 19.3. The van der Waals surface area contributed by atoms with Crippen LogP contribution in [0, 0.1) is 0 Å². The minimum absolute atomic E-state index is 0.0498. The molecule has 0 fully saturated rings. The van der Waals surface area contributed by atoms with Crippen molar-refractivity contribution in [3.63, 3.8) is 0 Å². The predicted octanol–water partition coefficient (Wildman–Crippen LogP) is 6.45. The Balaban J connectivity index is 1.83. The van der Waals surface area contributed by atoms with Gasteiger partial charge in [0.05, 0.1) is 10.5 Å². The fourth-order valence-corrected chi connectivity index (χ4v) is 5.85. The molecule has 3 atom stereocenters. The molecule has 8 heteroatoms. The number of rotatable bonds is 17. The van der Waals surface area contributed by atoms with Crippen LogP contribution in [0.2, 0.25) is 0 Å². The molecule has 0 saturated heterocycles. The molecule has 0 spiro atoms. The van der Waals surface area contributed by atoms with E-state index in [0.29, 0.717) is 19.3 Å². The maximum absolute atomic E-state index is 12.2. The predicted molar refractivity (Wildman–Crippen MR) is 142 cm³/mol. The van der Waals surface area contributed by atoms with E-state index in [1.165, 1.54) is 6.92 Å². The Morgan fingerprint density at radius 1 is 0.657 bits per heavy atom. The average molecular weight is 525 g/mol. The van der Waals surface area contributed by atoms with Gasteiger partial charge in [-0.1, -0.05) is 106 Å². The smallest absolute Gasteiger partial charge is 0.268 e. The second kappa shape index (κ2) is 14.7. The molecule has 0 amide bonds. The zero-order valence-electron chi connectivity index (χ0n) is 20.6. The van der Waals surface area contributed by atoms with Gasteiger partial charge in [-0.2, -0.15) is 16.8 Å². The Morgan fingerprint density at radius 2 is 1.14 bits per heavy atom. The molecule has 0 heterocycles. The third-order valence-electron chi connectivity index (χ3n) is 6.72. The van der Waals surface area contributed by atoms with Crippen LogP contribution in [0.15, 0.2) is 60.7 Å². The van der Waals surface area contributed by atoms with Gasteiger partial charge in [0.1, 0.15) is 0 Å². The van der Waals surface area contributed by atoms with Crippen LogP contribution in [0.1, 0.15) is 88.2 Å². The van der Waals surface area contributed by atoms with Crippen LogP contribution in [-0.4, -0.2) is 36.4 Å². The van der Waals surface area contributed by atoms with Gasteiger partial charge in [-0.25, -0.2) is 0 Å². The second-order valence-corrected chi connectivity index (χ2v) is 13.1. The number of benzene rings is 2. The fourth-order valence-electron chi connectivity index (χ4n) is 4.51. The summed E-state index contributed by atoms with van der Waals surface area (Å²) >= 11 is 0. The number of unbranched alkanes of at least 4 members (excludes halogenated alkanes) is 6. The molecule has 3 unspecified atom stereocenters. The summed E-state index contributed by atoms with van der Waals surface area (Å²) in [6.45, 7) is 1.53. The number of hydrogen-bond donors (Lipinski definition) is 2. The van der Waals surface area contributed by atoms with E-state index in [4.69, 9.17) is 4.55 Å². The molecule has 2 aromatic rings. The van der Waals surface area contributed by atoms with Gasteiger partial charge in [-0.15, -0.1) is 0 Å². The van der Waals surface area contributed by atoms with Crippen molar-refractivity contribution in [2.45, 2.75) is 94.0 Å². The van der Waals surface area contributed by atoms with Crippen molar-refractivity contribution >= 4 is 20.2 Å². The summed E-state index contributed by atoms with van der Waals surface area (Å²) in [4.78, 5) is 0. The van der Waals surface area contributed by atoms with Crippen LogP contribution >= 0.6 is 0 Å².